The topological polar surface area (TPSA) is 111 Å². The Labute approximate surface area is 156 Å². The lowest BCUT2D eigenvalue weighted by Crippen LogP contribution is -2.42. The molecular formula is C20H21N2O5-. The number of furan rings is 1. The van der Waals surface area contributed by atoms with Crippen molar-refractivity contribution in [3.05, 3.63) is 54.0 Å². The first-order chi connectivity index (χ1) is 13.1. The van der Waals surface area contributed by atoms with E-state index in [1.165, 1.54) is 6.26 Å². The van der Waals surface area contributed by atoms with E-state index in [0.29, 0.717) is 29.9 Å². The highest BCUT2D eigenvalue weighted by Gasteiger charge is 2.32. The summed E-state index contributed by atoms with van der Waals surface area (Å²) in [6.45, 7) is 0.226. The van der Waals surface area contributed by atoms with E-state index in [2.05, 4.69) is 10.6 Å². The fraction of sp³-hybridized carbons (Fsp3) is 0.350. The zero-order chi connectivity index (χ0) is 19.2. The van der Waals surface area contributed by atoms with Gasteiger partial charge in [-0.2, -0.15) is 0 Å². The number of aliphatic carboxylic acids is 1. The van der Waals surface area contributed by atoms with E-state index in [4.69, 9.17) is 4.42 Å². The molecule has 7 nitrogen and oxygen atoms in total. The van der Waals surface area contributed by atoms with E-state index in [9.17, 15) is 19.5 Å². The lowest BCUT2D eigenvalue weighted by Gasteiger charge is -2.31. The summed E-state index contributed by atoms with van der Waals surface area (Å²) in [6, 6.07) is 10.1. The molecule has 2 aromatic rings. The molecule has 0 saturated heterocycles. The average Bonchev–Trinajstić information content (AvgIpc) is 3.20. The Hall–Kier alpha value is -3.09. The normalized spacial score (nSPS) is 19.3. The largest absolute Gasteiger partial charge is 0.550 e. The maximum Gasteiger partial charge on any atom is 0.253 e. The van der Waals surface area contributed by atoms with Crippen molar-refractivity contribution < 1.29 is 23.9 Å². The summed E-state index contributed by atoms with van der Waals surface area (Å²) in [7, 11) is 0. The van der Waals surface area contributed by atoms with Gasteiger partial charge in [0.25, 0.3) is 5.91 Å². The van der Waals surface area contributed by atoms with E-state index < -0.39 is 23.7 Å². The highest BCUT2D eigenvalue weighted by Crippen LogP contribution is 2.31. The number of carboxylic acids is 1. The maximum absolute atomic E-state index is 12.7. The molecule has 0 aliphatic heterocycles. The van der Waals surface area contributed by atoms with Gasteiger partial charge >= 0.3 is 0 Å². The summed E-state index contributed by atoms with van der Waals surface area (Å²) in [5.41, 5.74) is 0.653. The molecule has 2 N–H and O–H groups in total. The van der Waals surface area contributed by atoms with Crippen LogP contribution in [0.15, 0.2) is 47.1 Å². The Bertz CT molecular complexity index is 816. The van der Waals surface area contributed by atoms with Gasteiger partial charge in [-0.25, -0.2) is 0 Å². The fourth-order valence-corrected chi connectivity index (χ4v) is 3.42. The first-order valence-electron chi connectivity index (χ1n) is 8.97. The van der Waals surface area contributed by atoms with Crippen molar-refractivity contribution in [2.45, 2.75) is 32.2 Å². The van der Waals surface area contributed by atoms with Gasteiger partial charge in [0.1, 0.15) is 5.76 Å². The summed E-state index contributed by atoms with van der Waals surface area (Å²) >= 11 is 0. The Kier molecular flexibility index (Phi) is 5.90. The third kappa shape index (κ3) is 4.55. The molecule has 1 saturated carbocycles. The molecule has 27 heavy (non-hydrogen) atoms. The first kappa shape index (κ1) is 18.7. The van der Waals surface area contributed by atoms with Crippen LogP contribution >= 0.6 is 0 Å². The Morgan fingerprint density at radius 1 is 1.04 bits per heavy atom. The number of carbonyl (C=O) groups is 3. The van der Waals surface area contributed by atoms with Gasteiger partial charge < -0.3 is 25.0 Å². The van der Waals surface area contributed by atoms with Crippen LogP contribution < -0.4 is 15.7 Å². The summed E-state index contributed by atoms with van der Waals surface area (Å²) in [6.07, 6.45) is 4.03. The number of carboxylic acid groups (broad SMARTS) is 1. The second-order valence-corrected chi connectivity index (χ2v) is 6.61. The molecule has 2 amide bonds. The molecule has 142 valence electrons. The third-order valence-electron chi connectivity index (χ3n) is 4.84. The predicted molar refractivity (Wildman–Crippen MR) is 95.4 cm³/mol. The van der Waals surface area contributed by atoms with Crippen LogP contribution in [0.5, 0.6) is 0 Å². The van der Waals surface area contributed by atoms with Gasteiger partial charge in [0.2, 0.25) is 5.91 Å². The highest BCUT2D eigenvalue weighted by molar-refractivity contribution is 6.04. The Balaban J connectivity index is 1.70. The maximum atomic E-state index is 12.7. The summed E-state index contributed by atoms with van der Waals surface area (Å²) in [5.74, 6) is -2.78. The van der Waals surface area contributed by atoms with Crippen LogP contribution in [0, 0.1) is 11.8 Å². The molecule has 1 aliphatic rings. The minimum atomic E-state index is -1.20. The monoisotopic (exact) mass is 369 g/mol. The zero-order valence-corrected chi connectivity index (χ0v) is 14.8. The van der Waals surface area contributed by atoms with Crippen molar-refractivity contribution in [1.82, 2.24) is 5.32 Å². The number of carbonyl (C=O) groups excluding carboxylic acids is 3. The van der Waals surface area contributed by atoms with Gasteiger partial charge in [0.15, 0.2) is 0 Å². The van der Waals surface area contributed by atoms with Crippen molar-refractivity contribution in [3.63, 3.8) is 0 Å². The molecule has 0 bridgehead atoms. The highest BCUT2D eigenvalue weighted by atomic mass is 16.4. The predicted octanol–water partition coefficient (Wildman–Crippen LogP) is 1.70. The quantitative estimate of drug-likeness (QED) is 0.805. The smallest absolute Gasteiger partial charge is 0.253 e. The van der Waals surface area contributed by atoms with Gasteiger partial charge in [0, 0.05) is 17.8 Å². The number of benzene rings is 1. The van der Waals surface area contributed by atoms with Gasteiger partial charge in [0.05, 0.1) is 24.1 Å². The van der Waals surface area contributed by atoms with Crippen molar-refractivity contribution in [1.29, 1.82) is 0 Å². The van der Waals surface area contributed by atoms with Crippen molar-refractivity contribution in [2.75, 3.05) is 5.32 Å². The van der Waals surface area contributed by atoms with Gasteiger partial charge in [-0.3, -0.25) is 9.59 Å². The summed E-state index contributed by atoms with van der Waals surface area (Å²) in [4.78, 5) is 36.5. The van der Waals surface area contributed by atoms with Crippen LogP contribution in [0.2, 0.25) is 0 Å². The minimum absolute atomic E-state index is 0.226. The molecule has 2 unspecified atom stereocenters. The molecular weight excluding hydrogens is 348 g/mol. The fourth-order valence-electron chi connectivity index (χ4n) is 3.42. The van der Waals surface area contributed by atoms with E-state index in [-0.39, 0.29) is 12.5 Å². The molecule has 1 fully saturated rings. The summed E-state index contributed by atoms with van der Waals surface area (Å²) in [5, 5.41) is 16.8. The molecule has 0 spiro atoms. The third-order valence-corrected chi connectivity index (χ3v) is 4.84. The van der Waals surface area contributed by atoms with Gasteiger partial charge in [-0.05, 0) is 37.1 Å². The molecule has 7 heteroatoms. The van der Waals surface area contributed by atoms with Crippen LogP contribution in [0.1, 0.15) is 41.8 Å². The minimum Gasteiger partial charge on any atom is -0.550 e. The van der Waals surface area contributed by atoms with E-state index in [1.807, 2.05) is 0 Å². The van der Waals surface area contributed by atoms with Crippen molar-refractivity contribution in [3.8, 4) is 0 Å². The molecule has 1 heterocycles. The number of para-hydroxylation sites is 1. The lowest BCUT2D eigenvalue weighted by atomic mass is 9.78. The van der Waals surface area contributed by atoms with Crippen LogP contribution in [0.3, 0.4) is 0 Å². The SMILES string of the molecule is O=C(NCc1ccco1)c1ccccc1NC(=O)C1CCCCC1C(=O)[O-]. The average molecular weight is 369 g/mol. The van der Waals surface area contributed by atoms with Gasteiger partial charge in [-0.1, -0.05) is 25.0 Å². The first-order valence-corrected chi connectivity index (χ1v) is 8.97. The Morgan fingerprint density at radius 3 is 2.48 bits per heavy atom. The van der Waals surface area contributed by atoms with Crippen LogP contribution in [0.4, 0.5) is 5.69 Å². The number of anilines is 1. The molecule has 2 atom stereocenters. The standard InChI is InChI=1S/C20H22N2O5/c23-18(21-12-13-6-5-11-27-13)16-9-3-4-10-17(16)22-19(24)14-7-1-2-8-15(14)20(25)26/h3-6,9-11,14-15H,1-2,7-8,12H2,(H,21,23)(H,22,24)(H,25,26)/p-1. The second kappa shape index (κ2) is 8.53. The lowest BCUT2D eigenvalue weighted by molar-refractivity contribution is -0.313. The molecule has 1 aromatic heterocycles. The number of rotatable bonds is 6. The Morgan fingerprint density at radius 2 is 1.78 bits per heavy atom. The van der Waals surface area contributed by atoms with Crippen LogP contribution in [0.25, 0.3) is 0 Å². The number of hydrogen-bond donors (Lipinski definition) is 2. The van der Waals surface area contributed by atoms with Gasteiger partial charge in [-0.15, -0.1) is 0 Å². The number of nitrogens with one attached hydrogen (secondary N) is 2. The molecule has 1 aliphatic carbocycles. The van der Waals surface area contributed by atoms with Crippen molar-refractivity contribution >= 4 is 23.5 Å². The van der Waals surface area contributed by atoms with Crippen LogP contribution in [-0.2, 0) is 16.1 Å². The number of hydrogen-bond acceptors (Lipinski definition) is 5. The zero-order valence-electron chi connectivity index (χ0n) is 14.8. The molecule has 0 radical (unpaired) electrons. The molecule has 1 aromatic carbocycles. The van der Waals surface area contributed by atoms with E-state index in [1.54, 1.807) is 36.4 Å². The van der Waals surface area contributed by atoms with Crippen LogP contribution in [-0.4, -0.2) is 17.8 Å². The van der Waals surface area contributed by atoms with E-state index in [0.717, 1.165) is 12.8 Å². The summed E-state index contributed by atoms with van der Waals surface area (Å²) < 4.78 is 5.18. The molecule has 3 rings (SSSR count). The number of amides is 2. The van der Waals surface area contributed by atoms with Crippen molar-refractivity contribution in [2.24, 2.45) is 11.8 Å². The van der Waals surface area contributed by atoms with E-state index >= 15 is 0 Å². The second-order valence-electron chi connectivity index (χ2n) is 6.61.